The van der Waals surface area contributed by atoms with Gasteiger partial charge in [-0.15, -0.1) is 6.04 Å². The zero-order valence-electron chi connectivity index (χ0n) is 22.0. The Balaban J connectivity index is 0.0000109. The zero-order valence-corrected chi connectivity index (χ0v) is 26.1. The van der Waals surface area contributed by atoms with Crippen LogP contribution in [0.3, 0.4) is 0 Å². The summed E-state index contributed by atoms with van der Waals surface area (Å²) in [5.41, 5.74) is 9.99. The fourth-order valence-corrected chi connectivity index (χ4v) is 4.49. The van der Waals surface area contributed by atoms with Gasteiger partial charge in [0, 0.05) is 62.7 Å². The van der Waals surface area contributed by atoms with Crippen molar-refractivity contribution in [2.75, 3.05) is 27.4 Å². The van der Waals surface area contributed by atoms with E-state index in [0.717, 1.165) is 29.9 Å². The minimum atomic E-state index is -0.404. The Morgan fingerprint density at radius 1 is 1.03 bits per heavy atom. The van der Waals surface area contributed by atoms with Crippen molar-refractivity contribution in [2.24, 2.45) is 23.7 Å². The topological polar surface area (TPSA) is 77.8 Å². The Morgan fingerprint density at radius 2 is 1.71 bits per heavy atom. The molecule has 5 atom stereocenters. The first-order valence-electron chi connectivity index (χ1n) is 12.0. The van der Waals surface area contributed by atoms with Gasteiger partial charge in [-0.1, -0.05) is 40.2 Å². The van der Waals surface area contributed by atoms with Gasteiger partial charge in [0.05, 0.1) is 13.7 Å². The Morgan fingerprint density at radius 3 is 2.21 bits per heavy atom. The second-order valence-corrected chi connectivity index (χ2v) is 9.87. The van der Waals surface area contributed by atoms with Crippen LogP contribution in [0, 0.1) is 23.7 Å². The van der Waals surface area contributed by atoms with E-state index >= 15 is 0 Å². The maximum absolute atomic E-state index is 12.1. The number of ether oxygens (including phenoxy) is 3. The molecule has 1 aromatic rings. The van der Waals surface area contributed by atoms with Crippen LogP contribution in [0.15, 0.2) is 18.2 Å². The summed E-state index contributed by atoms with van der Waals surface area (Å²) < 4.78 is 22.1. The van der Waals surface area contributed by atoms with Crippen molar-refractivity contribution >= 4 is 15.2 Å². The monoisotopic (exact) mass is 666 g/mol. The van der Waals surface area contributed by atoms with Gasteiger partial charge in [0.25, 0.3) is 0 Å². The van der Waals surface area contributed by atoms with Crippen LogP contribution in [-0.4, -0.2) is 45.4 Å². The summed E-state index contributed by atoms with van der Waals surface area (Å²) >= 11 is 0. The third-order valence-corrected chi connectivity index (χ3v) is 6.76. The van der Waals surface area contributed by atoms with Crippen LogP contribution in [-0.2, 0) is 41.5 Å². The Hall–Kier alpha value is -0.512. The summed E-state index contributed by atoms with van der Waals surface area (Å²) in [6, 6.07) is 5.67. The van der Waals surface area contributed by atoms with Gasteiger partial charge in [-0.25, -0.2) is 0 Å². The second kappa shape index (κ2) is 17.8. The quantitative estimate of drug-likeness (QED) is 0.147. The molecule has 0 saturated heterocycles. The van der Waals surface area contributed by atoms with Crippen molar-refractivity contribution in [3.8, 4) is 11.5 Å². The van der Waals surface area contributed by atoms with Crippen LogP contribution in [0.4, 0.5) is 0 Å². The van der Waals surface area contributed by atoms with Gasteiger partial charge < -0.3 is 24.5 Å². The number of methoxy groups -OCH3 is 2. The van der Waals surface area contributed by atoms with Crippen molar-refractivity contribution in [1.82, 2.24) is 0 Å². The SMILES string of the molecule is COCCCOc1cc(C[C@@H](C[C@H]([NH-])[C@H](C[C@H](C(C)=O)C(C)C)OP)C(C)C)ccc1OC.[W]. The number of hydrogen-bond acceptors (Lipinski definition) is 5. The van der Waals surface area contributed by atoms with E-state index in [4.69, 9.17) is 24.5 Å². The van der Waals surface area contributed by atoms with Gasteiger partial charge in [0.15, 0.2) is 11.5 Å². The third kappa shape index (κ3) is 11.5. The summed E-state index contributed by atoms with van der Waals surface area (Å²) in [5.74, 6) is 2.49. The Bertz CT molecular complexity index is 704. The van der Waals surface area contributed by atoms with Gasteiger partial charge >= 0.3 is 0 Å². The number of rotatable bonds is 17. The molecule has 0 aromatic heterocycles. The first-order chi connectivity index (χ1) is 15.6. The minimum absolute atomic E-state index is 0. The van der Waals surface area contributed by atoms with E-state index in [0.29, 0.717) is 37.9 Å². The van der Waals surface area contributed by atoms with Crippen molar-refractivity contribution in [2.45, 2.75) is 72.4 Å². The zero-order chi connectivity index (χ0) is 25.0. The number of carbonyl (C=O) groups is 1. The fourth-order valence-electron chi connectivity index (χ4n) is 4.19. The molecule has 0 spiro atoms. The normalized spacial score (nSPS) is 14.9. The average molecular weight is 666 g/mol. The minimum Gasteiger partial charge on any atom is -0.673 e. The van der Waals surface area contributed by atoms with Crippen LogP contribution in [0.1, 0.15) is 59.4 Å². The predicted octanol–water partition coefficient (Wildman–Crippen LogP) is 6.16. The number of ketones is 1. The van der Waals surface area contributed by atoms with Gasteiger partial charge in [-0.05, 0) is 55.2 Å². The van der Waals surface area contributed by atoms with Gasteiger partial charge in [0.2, 0.25) is 0 Å². The van der Waals surface area contributed by atoms with E-state index in [-0.39, 0.29) is 44.8 Å². The molecule has 0 amide bonds. The average Bonchev–Trinajstić information content (AvgIpc) is 2.76. The summed E-state index contributed by atoms with van der Waals surface area (Å²) in [6.45, 7) is 11.4. The summed E-state index contributed by atoms with van der Waals surface area (Å²) in [5, 5.41) is 0. The maximum Gasteiger partial charge on any atom is 0.161 e. The molecule has 8 heteroatoms. The number of nitrogens with one attached hydrogen (secondary N) is 1. The van der Waals surface area contributed by atoms with Crippen LogP contribution in [0.2, 0.25) is 0 Å². The molecule has 0 aliphatic rings. The van der Waals surface area contributed by atoms with E-state index in [9.17, 15) is 4.79 Å². The maximum atomic E-state index is 12.1. The van der Waals surface area contributed by atoms with Crippen LogP contribution >= 0.6 is 9.47 Å². The van der Waals surface area contributed by atoms with E-state index in [1.807, 2.05) is 12.1 Å². The van der Waals surface area contributed by atoms with Crippen molar-refractivity contribution < 1.29 is 44.6 Å². The molecule has 0 bridgehead atoms. The smallest absolute Gasteiger partial charge is 0.161 e. The Labute approximate surface area is 223 Å². The Kier molecular flexibility index (Phi) is 17.6. The van der Waals surface area contributed by atoms with Gasteiger partial charge in [-0.3, -0.25) is 4.79 Å². The number of hydrogen-bond donors (Lipinski definition) is 0. The van der Waals surface area contributed by atoms with Crippen molar-refractivity contribution in [3.05, 3.63) is 29.5 Å². The summed E-state index contributed by atoms with van der Waals surface area (Å²) in [6.07, 6.45) is 2.65. The van der Waals surface area contributed by atoms with Crippen LogP contribution in [0.5, 0.6) is 11.5 Å². The molecule has 196 valence electrons. The molecule has 0 fully saturated rings. The molecule has 1 N–H and O–H groups in total. The van der Waals surface area contributed by atoms with E-state index in [2.05, 4.69) is 43.2 Å². The molecule has 6 nitrogen and oxygen atoms in total. The molecule has 34 heavy (non-hydrogen) atoms. The molecule has 0 aliphatic carbocycles. The van der Waals surface area contributed by atoms with Crippen molar-refractivity contribution in [3.63, 3.8) is 0 Å². The summed E-state index contributed by atoms with van der Waals surface area (Å²) in [4.78, 5) is 12.1. The first-order valence-corrected chi connectivity index (χ1v) is 12.5. The standard InChI is InChI=1S/C26H45NO5P.W/c1-17(2)21(15-23(27)25(32-33)16-22(18(3)4)19(5)28)13-20-9-10-24(30-7)26(14-20)31-12-8-11-29-6;/h9-10,14,17-18,21-23,25,27H,8,11-13,15-16,33H2,1-7H3;/q-1;/t21-,22-,23-,25-;/m0./s1. The molecule has 1 aromatic carbocycles. The number of Topliss-reactive ketones (excluding diaryl/α,β-unsaturated/α-hetero) is 1. The van der Waals surface area contributed by atoms with Crippen molar-refractivity contribution in [1.29, 1.82) is 0 Å². The van der Waals surface area contributed by atoms with Crippen LogP contribution in [0.25, 0.3) is 5.73 Å². The number of benzene rings is 1. The van der Waals surface area contributed by atoms with Crippen LogP contribution < -0.4 is 9.47 Å². The summed E-state index contributed by atoms with van der Waals surface area (Å²) in [7, 11) is 5.64. The molecular formula is C26H45NO5PW-. The molecule has 0 heterocycles. The predicted molar refractivity (Wildman–Crippen MR) is 138 cm³/mol. The van der Waals surface area contributed by atoms with E-state index in [1.165, 1.54) is 0 Å². The van der Waals surface area contributed by atoms with Gasteiger partial charge in [-0.2, -0.15) is 0 Å². The number of carbonyl (C=O) groups excluding carboxylic acids is 1. The first kappa shape index (κ1) is 33.5. The van der Waals surface area contributed by atoms with Gasteiger partial charge in [0.1, 0.15) is 5.78 Å². The third-order valence-electron chi connectivity index (χ3n) is 6.41. The molecule has 1 unspecified atom stereocenters. The molecule has 1 rings (SSSR count). The molecular weight excluding hydrogens is 621 g/mol. The van der Waals surface area contributed by atoms with E-state index < -0.39 is 6.04 Å². The fraction of sp³-hybridized carbons (Fsp3) is 0.731. The largest absolute Gasteiger partial charge is 0.673 e. The molecule has 0 saturated carbocycles. The second-order valence-electron chi connectivity index (χ2n) is 9.60. The molecule has 0 aliphatic heterocycles. The van der Waals surface area contributed by atoms with E-state index in [1.54, 1.807) is 21.1 Å². The molecule has 0 radical (unpaired) electrons.